The highest BCUT2D eigenvalue weighted by Gasteiger charge is 2.41. The smallest absolute Gasteiger partial charge is 0.332 e. The molecule has 1 N–H and O–H groups in total. The van der Waals surface area contributed by atoms with Crippen molar-refractivity contribution in [2.75, 3.05) is 33.8 Å². The second-order valence-corrected chi connectivity index (χ2v) is 4.88. The third-order valence-corrected chi connectivity index (χ3v) is 3.24. The molecule has 0 amide bonds. The number of nitrogens with one attached hydrogen (secondary N) is 1. The van der Waals surface area contributed by atoms with Crippen molar-refractivity contribution in [1.82, 2.24) is 10.2 Å². The fourth-order valence-electron chi connectivity index (χ4n) is 2.41. The van der Waals surface area contributed by atoms with Gasteiger partial charge in [0.1, 0.15) is 0 Å². The molecule has 0 heterocycles. The first-order valence-corrected chi connectivity index (χ1v) is 6.82. The molecule has 0 aliphatic rings. The summed E-state index contributed by atoms with van der Waals surface area (Å²) in [6, 6.07) is 9.01. The van der Waals surface area contributed by atoms with Gasteiger partial charge >= 0.3 is 5.97 Å². The molecule has 0 bridgehead atoms. The van der Waals surface area contributed by atoms with Crippen LogP contribution in [-0.2, 0) is 15.1 Å². The summed E-state index contributed by atoms with van der Waals surface area (Å²) in [5, 5.41) is 3.11. The van der Waals surface area contributed by atoms with E-state index < -0.39 is 24.5 Å². The highest BCUT2D eigenvalue weighted by atomic mass is 19.3. The Morgan fingerprint density at radius 2 is 2.00 bits per heavy atom. The Labute approximate surface area is 124 Å². The van der Waals surface area contributed by atoms with Gasteiger partial charge in [-0.1, -0.05) is 37.3 Å². The van der Waals surface area contributed by atoms with Crippen LogP contribution < -0.4 is 5.32 Å². The van der Waals surface area contributed by atoms with Crippen LogP contribution in [0.1, 0.15) is 12.5 Å². The van der Waals surface area contributed by atoms with Crippen molar-refractivity contribution in [3.63, 3.8) is 0 Å². The molecule has 1 aromatic carbocycles. The third-order valence-electron chi connectivity index (χ3n) is 3.24. The normalized spacial score (nSPS) is 14.2. The number of benzene rings is 1. The summed E-state index contributed by atoms with van der Waals surface area (Å²) >= 11 is 0. The molecule has 0 aliphatic carbocycles. The standard InChI is InChI=1S/C15H22F2N2O2/c1-4-18-15(14(20)21-3,11-19(2)10-13(16)17)12-8-6-5-7-9-12/h5-9,13,18H,4,10-11H2,1-3H3. The molecule has 1 aromatic rings. The lowest BCUT2D eigenvalue weighted by Gasteiger charge is -2.35. The number of rotatable bonds is 8. The Balaban J connectivity index is 3.16. The molecule has 0 fully saturated rings. The Morgan fingerprint density at radius 3 is 2.48 bits per heavy atom. The summed E-state index contributed by atoms with van der Waals surface area (Å²) in [5.74, 6) is -0.489. The van der Waals surface area contributed by atoms with Crippen molar-refractivity contribution in [2.24, 2.45) is 0 Å². The fraction of sp³-hybridized carbons (Fsp3) is 0.533. The lowest BCUT2D eigenvalue weighted by Crippen LogP contribution is -2.56. The van der Waals surface area contributed by atoms with E-state index in [1.807, 2.05) is 13.0 Å². The topological polar surface area (TPSA) is 41.6 Å². The van der Waals surface area contributed by atoms with E-state index in [1.54, 1.807) is 31.3 Å². The van der Waals surface area contributed by atoms with Crippen molar-refractivity contribution < 1.29 is 18.3 Å². The molecule has 0 radical (unpaired) electrons. The Kier molecular flexibility index (Phi) is 6.71. The fourth-order valence-corrected chi connectivity index (χ4v) is 2.41. The zero-order valence-electron chi connectivity index (χ0n) is 12.6. The van der Waals surface area contributed by atoms with E-state index in [2.05, 4.69) is 5.32 Å². The lowest BCUT2D eigenvalue weighted by molar-refractivity contribution is -0.150. The first-order chi connectivity index (χ1) is 9.96. The number of esters is 1. The highest BCUT2D eigenvalue weighted by Crippen LogP contribution is 2.24. The third kappa shape index (κ3) is 4.47. The van der Waals surface area contributed by atoms with Crippen LogP contribution in [0, 0.1) is 0 Å². The summed E-state index contributed by atoms with van der Waals surface area (Å²) in [7, 11) is 2.86. The van der Waals surface area contributed by atoms with Crippen LogP contribution in [0.5, 0.6) is 0 Å². The first kappa shape index (κ1) is 17.5. The minimum atomic E-state index is -2.46. The molecule has 0 spiro atoms. The molecule has 1 rings (SSSR count). The molecule has 1 atom stereocenters. The first-order valence-electron chi connectivity index (χ1n) is 6.82. The summed E-state index contributed by atoms with van der Waals surface area (Å²) in [5.41, 5.74) is -0.464. The van der Waals surface area contributed by atoms with E-state index in [4.69, 9.17) is 4.74 Å². The quantitative estimate of drug-likeness (QED) is 0.744. The molecule has 0 aromatic heterocycles. The van der Waals surface area contributed by atoms with Gasteiger partial charge in [0.15, 0.2) is 5.54 Å². The monoisotopic (exact) mass is 300 g/mol. The molecule has 21 heavy (non-hydrogen) atoms. The van der Waals surface area contributed by atoms with Gasteiger partial charge in [-0.2, -0.15) is 0 Å². The van der Waals surface area contributed by atoms with Crippen molar-refractivity contribution in [3.05, 3.63) is 35.9 Å². The number of likely N-dealkylation sites (N-methyl/N-ethyl adjacent to an activating group) is 2. The predicted molar refractivity (Wildman–Crippen MR) is 77.3 cm³/mol. The molecular formula is C15H22F2N2O2. The number of hydrogen-bond donors (Lipinski definition) is 1. The average molecular weight is 300 g/mol. The van der Waals surface area contributed by atoms with Gasteiger partial charge in [-0.05, 0) is 19.2 Å². The zero-order chi connectivity index (χ0) is 15.9. The molecule has 6 heteroatoms. The number of methoxy groups -OCH3 is 1. The Morgan fingerprint density at radius 1 is 1.38 bits per heavy atom. The number of alkyl halides is 2. The molecule has 0 saturated carbocycles. The number of hydrogen-bond acceptors (Lipinski definition) is 4. The average Bonchev–Trinajstić information content (AvgIpc) is 2.45. The van der Waals surface area contributed by atoms with Crippen LogP contribution >= 0.6 is 0 Å². The molecule has 4 nitrogen and oxygen atoms in total. The van der Waals surface area contributed by atoms with Crippen molar-refractivity contribution >= 4 is 5.97 Å². The largest absolute Gasteiger partial charge is 0.467 e. The van der Waals surface area contributed by atoms with Gasteiger partial charge in [0.25, 0.3) is 6.43 Å². The summed E-state index contributed by atoms with van der Waals surface area (Å²) in [6.45, 7) is 2.05. The molecule has 1 unspecified atom stereocenters. The van der Waals surface area contributed by atoms with Gasteiger partial charge in [-0.3, -0.25) is 10.2 Å². The maximum Gasteiger partial charge on any atom is 0.332 e. The predicted octanol–water partition coefficient (Wildman–Crippen LogP) is 1.86. The van der Waals surface area contributed by atoms with Crippen LogP contribution in [0.25, 0.3) is 0 Å². The number of nitrogens with zero attached hydrogens (tertiary/aromatic N) is 1. The van der Waals surface area contributed by atoms with Gasteiger partial charge in [-0.25, -0.2) is 13.6 Å². The second kappa shape index (κ2) is 8.05. The number of ether oxygens (including phenoxy) is 1. The van der Waals surface area contributed by atoms with Crippen LogP contribution in [0.15, 0.2) is 30.3 Å². The van der Waals surface area contributed by atoms with Gasteiger partial charge in [0.2, 0.25) is 0 Å². The summed E-state index contributed by atoms with van der Waals surface area (Å²) in [4.78, 5) is 13.8. The maximum absolute atomic E-state index is 12.6. The molecular weight excluding hydrogens is 278 g/mol. The van der Waals surface area contributed by atoms with E-state index in [0.717, 1.165) is 0 Å². The zero-order valence-corrected chi connectivity index (χ0v) is 12.6. The van der Waals surface area contributed by atoms with Gasteiger partial charge in [0.05, 0.1) is 13.7 Å². The van der Waals surface area contributed by atoms with Crippen LogP contribution in [0.3, 0.4) is 0 Å². The van der Waals surface area contributed by atoms with Crippen molar-refractivity contribution in [3.8, 4) is 0 Å². The molecule has 0 aliphatic heterocycles. The lowest BCUT2D eigenvalue weighted by atomic mass is 9.89. The van der Waals surface area contributed by atoms with Crippen LogP contribution in [-0.4, -0.2) is 51.1 Å². The SMILES string of the molecule is CCNC(CN(C)CC(F)F)(C(=O)OC)c1ccccc1. The number of carbonyl (C=O) groups excluding carboxylic acids is 1. The number of carbonyl (C=O) groups is 1. The van der Waals surface area contributed by atoms with E-state index >= 15 is 0 Å². The minimum Gasteiger partial charge on any atom is -0.467 e. The summed E-state index contributed by atoms with van der Waals surface area (Å²) in [6.07, 6.45) is -2.46. The Bertz CT molecular complexity index is 443. The van der Waals surface area contributed by atoms with Crippen LogP contribution in [0.4, 0.5) is 8.78 Å². The molecule has 0 saturated heterocycles. The van der Waals surface area contributed by atoms with Crippen molar-refractivity contribution in [1.29, 1.82) is 0 Å². The minimum absolute atomic E-state index is 0.0991. The van der Waals surface area contributed by atoms with E-state index in [-0.39, 0.29) is 6.54 Å². The Hall–Kier alpha value is -1.53. The van der Waals surface area contributed by atoms with E-state index in [1.165, 1.54) is 12.0 Å². The second-order valence-electron chi connectivity index (χ2n) is 4.88. The maximum atomic E-state index is 12.6. The van der Waals surface area contributed by atoms with Gasteiger partial charge < -0.3 is 4.74 Å². The van der Waals surface area contributed by atoms with Gasteiger partial charge in [0, 0.05) is 6.54 Å². The van der Waals surface area contributed by atoms with E-state index in [0.29, 0.717) is 12.1 Å². The van der Waals surface area contributed by atoms with E-state index in [9.17, 15) is 13.6 Å². The van der Waals surface area contributed by atoms with Gasteiger partial charge in [-0.15, -0.1) is 0 Å². The summed E-state index contributed by atoms with van der Waals surface area (Å²) < 4.78 is 30.0. The highest BCUT2D eigenvalue weighted by molar-refractivity contribution is 5.83. The van der Waals surface area contributed by atoms with Crippen molar-refractivity contribution in [2.45, 2.75) is 18.9 Å². The molecule has 118 valence electrons. The van der Waals surface area contributed by atoms with Crippen LogP contribution in [0.2, 0.25) is 0 Å². The number of halogens is 2.